The predicted molar refractivity (Wildman–Crippen MR) is 97.3 cm³/mol. The highest BCUT2D eigenvalue weighted by Gasteiger charge is 2.53. The van der Waals surface area contributed by atoms with Crippen LogP contribution in [0, 0.1) is 0 Å². The van der Waals surface area contributed by atoms with E-state index in [-0.39, 0.29) is 5.82 Å². The lowest BCUT2D eigenvalue weighted by Gasteiger charge is -2.32. The highest BCUT2D eigenvalue weighted by molar-refractivity contribution is 5.81. The minimum absolute atomic E-state index is 0.161. The van der Waals surface area contributed by atoms with Crippen molar-refractivity contribution in [3.63, 3.8) is 0 Å². The number of hydrogen-bond acceptors (Lipinski definition) is 8. The van der Waals surface area contributed by atoms with Gasteiger partial charge in [-0.15, -0.1) is 0 Å². The van der Waals surface area contributed by atoms with Gasteiger partial charge < -0.3 is 20.1 Å². The summed E-state index contributed by atoms with van der Waals surface area (Å²) in [5.74, 6) is 0.161. The first-order valence-electron chi connectivity index (χ1n) is 8.77. The summed E-state index contributed by atoms with van der Waals surface area (Å²) in [7, 11) is 0. The first-order chi connectivity index (χ1) is 13.2. The zero-order valence-electron chi connectivity index (χ0n) is 15.7. The molecule has 28 heavy (non-hydrogen) atoms. The molecule has 0 unspecified atom stereocenters. The summed E-state index contributed by atoms with van der Waals surface area (Å²) >= 11 is 0. The quantitative estimate of drug-likeness (QED) is 0.394. The van der Waals surface area contributed by atoms with Gasteiger partial charge in [-0.3, -0.25) is 4.90 Å². The Balaban J connectivity index is 2.04. The van der Waals surface area contributed by atoms with Gasteiger partial charge in [0.05, 0.1) is 24.4 Å². The Bertz CT molecular complexity index is 860. The second-order valence-corrected chi connectivity index (χ2v) is 7.64. The van der Waals surface area contributed by atoms with Crippen LogP contribution in [0.1, 0.15) is 32.0 Å². The number of amides is 1. The maximum Gasteiger partial charge on any atom is 0.411 e. The number of nitrogens with zero attached hydrogens (tertiary/aromatic N) is 6. The molecule has 0 bridgehead atoms. The van der Waals surface area contributed by atoms with Gasteiger partial charge in [-0.25, -0.2) is 14.8 Å². The number of fused-ring (bicyclic) bond motifs is 1. The topological polar surface area (TPSA) is 165 Å². The van der Waals surface area contributed by atoms with Crippen LogP contribution < -0.4 is 0 Å². The van der Waals surface area contributed by atoms with E-state index in [1.165, 1.54) is 6.33 Å². The van der Waals surface area contributed by atoms with Gasteiger partial charge >= 0.3 is 6.09 Å². The van der Waals surface area contributed by atoms with Crippen LogP contribution in [0.15, 0.2) is 17.5 Å². The Morgan fingerprint density at radius 3 is 2.71 bits per heavy atom. The number of likely N-dealkylation sites (tertiary alicyclic amines) is 1. The van der Waals surface area contributed by atoms with E-state index < -0.39 is 42.6 Å². The lowest BCUT2D eigenvalue weighted by atomic mass is 9.99. The van der Waals surface area contributed by atoms with E-state index in [0.29, 0.717) is 23.3 Å². The monoisotopic (exact) mass is 390 g/mol. The Morgan fingerprint density at radius 1 is 1.39 bits per heavy atom. The second-order valence-electron chi connectivity index (χ2n) is 7.64. The van der Waals surface area contributed by atoms with E-state index in [0.717, 1.165) is 4.90 Å². The number of aliphatic hydroxyl groups excluding tert-OH is 3. The number of allylic oxidation sites excluding steroid dienone is 1. The van der Waals surface area contributed by atoms with Gasteiger partial charge in [0.1, 0.15) is 30.0 Å². The fraction of sp³-hybridized carbons (Fsp3) is 0.588. The summed E-state index contributed by atoms with van der Waals surface area (Å²) in [6.07, 6.45) is -0.212. The molecule has 11 heteroatoms. The van der Waals surface area contributed by atoms with Crippen molar-refractivity contribution >= 4 is 17.5 Å². The van der Waals surface area contributed by atoms with Gasteiger partial charge in [-0.1, -0.05) is 6.08 Å². The normalized spacial score (nSPS) is 26.5. The third-order valence-electron chi connectivity index (χ3n) is 4.70. The number of hydrogen-bond donors (Lipinski definition) is 3. The minimum Gasteiger partial charge on any atom is -0.444 e. The number of ether oxygens (including phenoxy) is 1. The number of carbonyl (C=O) groups is 1. The number of azide groups is 1. The number of carbonyl (C=O) groups excluding carboxylic acids is 1. The van der Waals surface area contributed by atoms with Crippen LogP contribution in [-0.4, -0.2) is 72.8 Å². The molecule has 11 nitrogen and oxygen atoms in total. The van der Waals surface area contributed by atoms with Gasteiger partial charge in [0.2, 0.25) is 0 Å². The van der Waals surface area contributed by atoms with Gasteiger partial charge in [0, 0.05) is 10.5 Å². The van der Waals surface area contributed by atoms with Crippen LogP contribution in [0.4, 0.5) is 10.6 Å². The summed E-state index contributed by atoms with van der Waals surface area (Å²) in [6.45, 7) is 4.53. The van der Waals surface area contributed by atoms with Crippen molar-refractivity contribution in [2.75, 3.05) is 6.61 Å². The van der Waals surface area contributed by atoms with Crippen LogP contribution >= 0.6 is 0 Å². The zero-order chi connectivity index (χ0) is 20.6. The lowest BCUT2D eigenvalue weighted by Crippen LogP contribution is -2.48. The van der Waals surface area contributed by atoms with Gasteiger partial charge in [-0.05, 0) is 43.4 Å². The van der Waals surface area contributed by atoms with Crippen LogP contribution in [-0.2, 0) is 11.2 Å². The summed E-state index contributed by atoms with van der Waals surface area (Å²) in [4.78, 5) is 24.9. The summed E-state index contributed by atoms with van der Waals surface area (Å²) in [5, 5.41) is 34.3. The fourth-order valence-corrected chi connectivity index (χ4v) is 3.58. The molecule has 0 saturated carbocycles. The highest BCUT2D eigenvalue weighted by Crippen LogP contribution is 2.40. The first-order valence-corrected chi connectivity index (χ1v) is 8.77. The number of aliphatic hydroxyl groups is 3. The smallest absolute Gasteiger partial charge is 0.411 e. The molecule has 1 aromatic rings. The molecule has 3 N–H and O–H groups in total. The van der Waals surface area contributed by atoms with E-state index in [4.69, 9.17) is 10.3 Å². The second kappa shape index (κ2) is 7.36. The van der Waals surface area contributed by atoms with Crippen molar-refractivity contribution in [1.82, 2.24) is 14.9 Å². The molecule has 3 rings (SSSR count). The molecule has 1 aliphatic carbocycles. The van der Waals surface area contributed by atoms with Crippen molar-refractivity contribution < 1.29 is 24.9 Å². The largest absolute Gasteiger partial charge is 0.444 e. The molecule has 0 spiro atoms. The number of aromatic nitrogens is 2. The molecule has 2 aliphatic rings. The van der Waals surface area contributed by atoms with Gasteiger partial charge in [0.15, 0.2) is 0 Å². The maximum atomic E-state index is 12.8. The molecule has 1 fully saturated rings. The molecule has 0 radical (unpaired) electrons. The van der Waals surface area contributed by atoms with Crippen molar-refractivity contribution in [3.05, 3.63) is 34.1 Å². The molecule has 4 atom stereocenters. The maximum absolute atomic E-state index is 12.8. The van der Waals surface area contributed by atoms with Gasteiger partial charge in [0.25, 0.3) is 0 Å². The predicted octanol–water partition coefficient (Wildman–Crippen LogP) is 1.06. The van der Waals surface area contributed by atoms with Gasteiger partial charge in [-0.2, -0.15) is 0 Å². The first kappa shape index (κ1) is 20.0. The molecule has 150 valence electrons. The molecule has 2 heterocycles. The molecular weight excluding hydrogens is 368 g/mol. The van der Waals surface area contributed by atoms with Crippen LogP contribution in [0.3, 0.4) is 0 Å². The molecule has 1 aromatic heterocycles. The average molecular weight is 390 g/mol. The molecule has 1 aliphatic heterocycles. The Kier molecular flexibility index (Phi) is 5.26. The molecule has 1 amide bonds. The summed E-state index contributed by atoms with van der Waals surface area (Å²) in [6, 6.07) is -2.03. The Morgan fingerprint density at radius 2 is 2.11 bits per heavy atom. The van der Waals surface area contributed by atoms with Crippen molar-refractivity contribution in [3.8, 4) is 0 Å². The highest BCUT2D eigenvalue weighted by atomic mass is 16.6. The lowest BCUT2D eigenvalue weighted by molar-refractivity contribution is 0.000977. The standard InChI is InChI=1S/C17H22N6O5/c1-17(2,3)28-16(27)23-10(6-24)13(25)14(26)12(23)8-4-5-9-11(8)19-7-20-15(9)21-22-18/h4,7,10,12-14,24-26H,5-6H2,1-3H3/t10-,12+,13-,14+/m1/s1. The van der Waals surface area contributed by atoms with Crippen LogP contribution in [0.25, 0.3) is 16.0 Å². The van der Waals surface area contributed by atoms with Crippen molar-refractivity contribution in [1.29, 1.82) is 0 Å². The van der Waals surface area contributed by atoms with Crippen LogP contribution in [0.5, 0.6) is 0 Å². The zero-order valence-corrected chi connectivity index (χ0v) is 15.7. The van der Waals surface area contributed by atoms with E-state index in [1.54, 1.807) is 26.8 Å². The fourth-order valence-electron chi connectivity index (χ4n) is 3.58. The van der Waals surface area contributed by atoms with Crippen molar-refractivity contribution in [2.45, 2.75) is 57.1 Å². The number of rotatable bonds is 3. The van der Waals surface area contributed by atoms with E-state index in [9.17, 15) is 20.1 Å². The third kappa shape index (κ3) is 3.40. The van der Waals surface area contributed by atoms with Crippen molar-refractivity contribution in [2.24, 2.45) is 5.11 Å². The van der Waals surface area contributed by atoms with Crippen LogP contribution in [0.2, 0.25) is 0 Å². The van der Waals surface area contributed by atoms with E-state index in [2.05, 4.69) is 20.0 Å². The van der Waals surface area contributed by atoms with E-state index >= 15 is 0 Å². The Labute approximate surface area is 160 Å². The average Bonchev–Trinajstić information content (AvgIpc) is 3.14. The SMILES string of the molecule is CC(C)(C)OC(=O)N1[C@H](CO)[C@@H](O)[C@@H](O)[C@@H]1C1=CCc2c(N=[N+]=[N-])ncnc21. The Hall–Kier alpha value is -2.72. The molecule has 0 aromatic carbocycles. The van der Waals surface area contributed by atoms with E-state index in [1.807, 2.05) is 0 Å². The minimum atomic E-state index is -1.37. The molecular formula is C17H22N6O5. The summed E-state index contributed by atoms with van der Waals surface area (Å²) < 4.78 is 5.42. The third-order valence-corrected chi connectivity index (χ3v) is 4.70. The summed E-state index contributed by atoms with van der Waals surface area (Å²) in [5.41, 5.74) is 9.35. The molecule has 1 saturated heterocycles.